The first-order chi connectivity index (χ1) is 8.76. The molecule has 18 heavy (non-hydrogen) atoms. The molecule has 1 unspecified atom stereocenters. The average Bonchev–Trinajstić information content (AvgIpc) is 2.60. The van der Waals surface area contributed by atoms with Crippen LogP contribution in [0.5, 0.6) is 11.5 Å². The molecule has 2 rings (SSSR count). The second-order valence-electron chi connectivity index (χ2n) is 4.20. The van der Waals surface area contributed by atoms with E-state index in [1.165, 1.54) is 0 Å². The van der Waals surface area contributed by atoms with Gasteiger partial charge in [0.05, 0.1) is 26.2 Å². The van der Waals surface area contributed by atoms with Gasteiger partial charge in [0.15, 0.2) is 0 Å². The number of hydrogen-bond donors (Lipinski definition) is 0. The molecule has 0 bridgehead atoms. The Kier molecular flexibility index (Phi) is 4.07. The molecular formula is C14H18O4. The molecule has 4 nitrogen and oxygen atoms in total. The summed E-state index contributed by atoms with van der Waals surface area (Å²) in [6, 6.07) is 5.56. The van der Waals surface area contributed by atoms with Crippen LogP contribution in [0.1, 0.15) is 31.2 Å². The van der Waals surface area contributed by atoms with Gasteiger partial charge >= 0.3 is 5.97 Å². The highest BCUT2D eigenvalue weighted by molar-refractivity contribution is 5.79. The van der Waals surface area contributed by atoms with E-state index < -0.39 is 0 Å². The first-order valence-electron chi connectivity index (χ1n) is 6.23. The summed E-state index contributed by atoms with van der Waals surface area (Å²) in [5, 5.41) is 0. The molecule has 1 aliphatic rings. The Morgan fingerprint density at radius 3 is 3.06 bits per heavy atom. The Balaban J connectivity index is 2.32. The van der Waals surface area contributed by atoms with Gasteiger partial charge in [-0.25, -0.2) is 0 Å². The maximum absolute atomic E-state index is 12.0. The molecule has 98 valence electrons. The number of esters is 1. The predicted molar refractivity (Wildman–Crippen MR) is 67.1 cm³/mol. The third-order valence-corrected chi connectivity index (χ3v) is 3.06. The third kappa shape index (κ3) is 2.58. The van der Waals surface area contributed by atoms with Crippen LogP contribution in [0.2, 0.25) is 0 Å². The highest BCUT2D eigenvalue weighted by atomic mass is 16.5. The summed E-state index contributed by atoms with van der Waals surface area (Å²) in [6.45, 7) is 2.85. The smallest absolute Gasteiger partial charge is 0.313 e. The SMILES string of the molecule is CCOC(=O)C1CCCOc2cc(OC)ccc21. The Morgan fingerprint density at radius 2 is 2.33 bits per heavy atom. The molecule has 1 heterocycles. The van der Waals surface area contributed by atoms with Crippen LogP contribution in [0, 0.1) is 0 Å². The number of rotatable bonds is 3. The van der Waals surface area contributed by atoms with Crippen LogP contribution in [0.4, 0.5) is 0 Å². The van der Waals surface area contributed by atoms with Gasteiger partial charge in [-0.3, -0.25) is 4.79 Å². The zero-order chi connectivity index (χ0) is 13.0. The Bertz CT molecular complexity index is 428. The first-order valence-corrected chi connectivity index (χ1v) is 6.23. The van der Waals surface area contributed by atoms with Crippen molar-refractivity contribution in [3.8, 4) is 11.5 Å². The summed E-state index contributed by atoms with van der Waals surface area (Å²) in [7, 11) is 1.61. The van der Waals surface area contributed by atoms with Gasteiger partial charge in [-0.2, -0.15) is 0 Å². The zero-order valence-corrected chi connectivity index (χ0v) is 10.8. The van der Waals surface area contributed by atoms with Crippen LogP contribution in [0.25, 0.3) is 0 Å². The summed E-state index contributed by atoms with van der Waals surface area (Å²) >= 11 is 0. The van der Waals surface area contributed by atoms with E-state index in [0.29, 0.717) is 13.2 Å². The molecule has 0 saturated heterocycles. The molecule has 0 aliphatic carbocycles. The lowest BCUT2D eigenvalue weighted by Crippen LogP contribution is -2.15. The second-order valence-corrected chi connectivity index (χ2v) is 4.20. The fourth-order valence-corrected chi connectivity index (χ4v) is 2.17. The van der Waals surface area contributed by atoms with E-state index in [1.807, 2.05) is 25.1 Å². The van der Waals surface area contributed by atoms with Gasteiger partial charge in [0, 0.05) is 11.6 Å². The van der Waals surface area contributed by atoms with Crippen molar-refractivity contribution in [2.24, 2.45) is 0 Å². The number of ether oxygens (including phenoxy) is 3. The van der Waals surface area contributed by atoms with E-state index in [1.54, 1.807) is 7.11 Å². The van der Waals surface area contributed by atoms with Crippen LogP contribution in [-0.4, -0.2) is 26.3 Å². The van der Waals surface area contributed by atoms with Gasteiger partial charge in [0.1, 0.15) is 11.5 Å². The Morgan fingerprint density at radius 1 is 1.50 bits per heavy atom. The summed E-state index contributed by atoms with van der Waals surface area (Å²) < 4.78 is 16.0. The maximum atomic E-state index is 12.0. The van der Waals surface area contributed by atoms with Gasteiger partial charge in [0.2, 0.25) is 0 Å². The van der Waals surface area contributed by atoms with Crippen molar-refractivity contribution in [1.29, 1.82) is 0 Å². The van der Waals surface area contributed by atoms with Crippen LogP contribution >= 0.6 is 0 Å². The van der Waals surface area contributed by atoms with Crippen LogP contribution in [-0.2, 0) is 9.53 Å². The molecule has 0 amide bonds. The zero-order valence-electron chi connectivity index (χ0n) is 10.8. The van der Waals surface area contributed by atoms with E-state index >= 15 is 0 Å². The number of carbonyl (C=O) groups excluding carboxylic acids is 1. The molecule has 0 radical (unpaired) electrons. The number of hydrogen-bond acceptors (Lipinski definition) is 4. The van der Waals surface area contributed by atoms with Crippen molar-refractivity contribution >= 4 is 5.97 Å². The maximum Gasteiger partial charge on any atom is 0.313 e. The lowest BCUT2D eigenvalue weighted by molar-refractivity contribution is -0.145. The summed E-state index contributed by atoms with van der Waals surface area (Å²) in [4.78, 5) is 12.0. The molecule has 0 fully saturated rings. The molecule has 0 N–H and O–H groups in total. The molecule has 1 aromatic carbocycles. The molecule has 0 saturated carbocycles. The lowest BCUT2D eigenvalue weighted by atomic mass is 9.94. The topological polar surface area (TPSA) is 44.8 Å². The van der Waals surface area contributed by atoms with E-state index in [-0.39, 0.29) is 11.9 Å². The van der Waals surface area contributed by atoms with Crippen LogP contribution in [0.3, 0.4) is 0 Å². The minimum Gasteiger partial charge on any atom is -0.497 e. The van der Waals surface area contributed by atoms with Crippen molar-refractivity contribution in [3.63, 3.8) is 0 Å². The van der Waals surface area contributed by atoms with Crippen LogP contribution in [0.15, 0.2) is 18.2 Å². The van der Waals surface area contributed by atoms with Crippen molar-refractivity contribution in [2.45, 2.75) is 25.7 Å². The summed E-state index contributed by atoms with van der Waals surface area (Å²) in [6.07, 6.45) is 1.61. The van der Waals surface area contributed by atoms with Crippen molar-refractivity contribution in [3.05, 3.63) is 23.8 Å². The molecule has 1 atom stereocenters. The second kappa shape index (κ2) is 5.76. The molecule has 1 aromatic rings. The van der Waals surface area contributed by atoms with Crippen molar-refractivity contribution in [2.75, 3.05) is 20.3 Å². The summed E-state index contributed by atoms with van der Waals surface area (Å²) in [5.74, 6) is 1.06. The van der Waals surface area contributed by atoms with E-state index in [0.717, 1.165) is 29.9 Å². The van der Waals surface area contributed by atoms with E-state index in [9.17, 15) is 4.79 Å². The molecule has 0 spiro atoms. The normalized spacial score (nSPS) is 18.2. The first kappa shape index (κ1) is 12.7. The molecule has 0 aromatic heterocycles. The monoisotopic (exact) mass is 250 g/mol. The third-order valence-electron chi connectivity index (χ3n) is 3.06. The number of carbonyl (C=O) groups is 1. The quantitative estimate of drug-likeness (QED) is 0.773. The minimum atomic E-state index is -0.228. The molecular weight excluding hydrogens is 232 g/mol. The number of fused-ring (bicyclic) bond motifs is 1. The number of methoxy groups -OCH3 is 1. The van der Waals surface area contributed by atoms with Crippen molar-refractivity contribution < 1.29 is 19.0 Å². The van der Waals surface area contributed by atoms with Crippen LogP contribution < -0.4 is 9.47 Å². The fraction of sp³-hybridized carbons (Fsp3) is 0.500. The molecule has 1 aliphatic heterocycles. The number of benzene rings is 1. The van der Waals surface area contributed by atoms with E-state index in [4.69, 9.17) is 14.2 Å². The van der Waals surface area contributed by atoms with Gasteiger partial charge in [-0.05, 0) is 25.8 Å². The summed E-state index contributed by atoms with van der Waals surface area (Å²) in [5.41, 5.74) is 0.895. The van der Waals surface area contributed by atoms with Crippen molar-refractivity contribution in [1.82, 2.24) is 0 Å². The Hall–Kier alpha value is -1.71. The molecule has 4 heteroatoms. The lowest BCUT2D eigenvalue weighted by Gasteiger charge is -2.15. The largest absolute Gasteiger partial charge is 0.497 e. The standard InChI is InChI=1S/C14H18O4/c1-3-17-14(15)12-5-4-8-18-13-9-10(16-2)6-7-11(12)13/h6-7,9,12H,3-5,8H2,1-2H3. The highest BCUT2D eigenvalue weighted by Gasteiger charge is 2.27. The van der Waals surface area contributed by atoms with Gasteiger partial charge in [-0.15, -0.1) is 0 Å². The minimum absolute atomic E-state index is 0.172. The van der Waals surface area contributed by atoms with Gasteiger partial charge in [0.25, 0.3) is 0 Å². The van der Waals surface area contributed by atoms with Gasteiger partial charge < -0.3 is 14.2 Å². The Labute approximate surface area is 107 Å². The van der Waals surface area contributed by atoms with E-state index in [2.05, 4.69) is 0 Å². The fourth-order valence-electron chi connectivity index (χ4n) is 2.17. The average molecular weight is 250 g/mol. The van der Waals surface area contributed by atoms with Gasteiger partial charge in [-0.1, -0.05) is 6.07 Å². The highest BCUT2D eigenvalue weighted by Crippen LogP contribution is 2.36. The predicted octanol–water partition coefficient (Wildman–Crippen LogP) is 2.51.